The molecule has 1 atom stereocenters. The van der Waals surface area contributed by atoms with Crippen molar-refractivity contribution >= 4 is 11.7 Å². The molecule has 5 rings (SSSR count). The summed E-state index contributed by atoms with van der Waals surface area (Å²) in [5, 5.41) is 7.54. The van der Waals surface area contributed by atoms with Crippen molar-refractivity contribution in [1.29, 1.82) is 0 Å². The average Bonchev–Trinajstić information content (AvgIpc) is 3.37. The maximum absolute atomic E-state index is 13.9. The molecule has 4 heterocycles. The second-order valence-corrected chi connectivity index (χ2v) is 7.76. The van der Waals surface area contributed by atoms with E-state index in [2.05, 4.69) is 20.2 Å². The van der Waals surface area contributed by atoms with Crippen LogP contribution in [-0.4, -0.2) is 31.0 Å². The molecule has 0 bridgehead atoms. The highest BCUT2D eigenvalue weighted by Crippen LogP contribution is 2.43. The first kappa shape index (κ1) is 21.6. The smallest absolute Gasteiger partial charge is 0.351 e. The molecule has 1 aliphatic heterocycles. The van der Waals surface area contributed by atoms with Crippen molar-refractivity contribution in [2.75, 3.05) is 4.90 Å². The Labute approximate surface area is 191 Å². The van der Waals surface area contributed by atoms with Crippen LogP contribution in [0.2, 0.25) is 0 Å². The van der Waals surface area contributed by atoms with Crippen molar-refractivity contribution in [1.82, 2.24) is 25.0 Å². The van der Waals surface area contributed by atoms with Crippen LogP contribution in [0.25, 0.3) is 16.9 Å². The van der Waals surface area contributed by atoms with E-state index in [1.54, 1.807) is 24.5 Å². The second-order valence-electron chi connectivity index (χ2n) is 7.76. The van der Waals surface area contributed by atoms with Crippen molar-refractivity contribution in [3.8, 4) is 16.9 Å². The predicted octanol–water partition coefficient (Wildman–Crippen LogP) is 4.32. The van der Waals surface area contributed by atoms with E-state index < -0.39 is 29.6 Å². The third-order valence-electron chi connectivity index (χ3n) is 5.79. The summed E-state index contributed by atoms with van der Waals surface area (Å²) in [7, 11) is 0. The minimum Gasteiger partial charge on any atom is -0.351 e. The summed E-state index contributed by atoms with van der Waals surface area (Å²) in [5.74, 6) is -0.443. The van der Waals surface area contributed by atoms with Gasteiger partial charge >= 0.3 is 12.2 Å². The van der Waals surface area contributed by atoms with E-state index in [4.69, 9.17) is 5.73 Å². The van der Waals surface area contributed by atoms with Crippen LogP contribution in [0.1, 0.15) is 29.2 Å². The maximum atomic E-state index is 13.9. The predicted molar refractivity (Wildman–Crippen MR) is 117 cm³/mol. The van der Waals surface area contributed by atoms with E-state index in [9.17, 15) is 18.0 Å². The van der Waals surface area contributed by atoms with Gasteiger partial charge in [0.15, 0.2) is 5.82 Å². The number of halogens is 3. The number of urea groups is 1. The molecular weight excluding hydrogens is 447 g/mol. The van der Waals surface area contributed by atoms with Crippen LogP contribution in [0.5, 0.6) is 0 Å². The normalized spacial score (nSPS) is 15.7. The number of carbonyl (C=O) groups is 1. The lowest BCUT2D eigenvalue weighted by atomic mass is 9.87. The summed E-state index contributed by atoms with van der Waals surface area (Å²) in [6, 6.07) is 8.67. The summed E-state index contributed by atoms with van der Waals surface area (Å²) >= 11 is 0. The van der Waals surface area contributed by atoms with Crippen LogP contribution >= 0.6 is 0 Å². The lowest BCUT2D eigenvalue weighted by Crippen LogP contribution is -2.42. The van der Waals surface area contributed by atoms with Crippen LogP contribution in [0.15, 0.2) is 67.4 Å². The summed E-state index contributed by atoms with van der Waals surface area (Å²) < 4.78 is 41.7. The number of carbonyl (C=O) groups excluding carboxylic acids is 1. The number of alkyl halides is 3. The molecular formula is C23H18F3N7O. The Hall–Kier alpha value is -4.28. The summed E-state index contributed by atoms with van der Waals surface area (Å²) in [5.41, 5.74) is 8.16. The molecule has 8 nitrogen and oxygen atoms in total. The molecule has 4 aromatic rings. The molecule has 0 saturated carbocycles. The molecule has 0 fully saturated rings. The Morgan fingerprint density at radius 1 is 1.06 bits per heavy atom. The highest BCUT2D eigenvalue weighted by molar-refractivity contribution is 5.94. The van der Waals surface area contributed by atoms with Gasteiger partial charge in [0.05, 0.1) is 18.4 Å². The quantitative estimate of drug-likeness (QED) is 0.486. The molecule has 172 valence electrons. The standard InChI is InChI=1S/C23H18F3N7O/c24-23(25,26)18-11-15(13-29-21(18)33-30-9-10-31-33)19-7-6-17-16(14-3-2-8-28-12-14)4-1-5-20(17)32(19)22(27)34/h1-5,8-13,19H,6-7H2,(H2,27,34). The highest BCUT2D eigenvalue weighted by atomic mass is 19.4. The maximum Gasteiger partial charge on any atom is 0.420 e. The number of hydrogen-bond acceptors (Lipinski definition) is 5. The van der Waals surface area contributed by atoms with E-state index in [0.717, 1.165) is 27.6 Å². The zero-order valence-electron chi connectivity index (χ0n) is 17.6. The molecule has 0 saturated heterocycles. The number of primary amides is 1. The van der Waals surface area contributed by atoms with Crippen molar-refractivity contribution in [3.63, 3.8) is 0 Å². The SMILES string of the molecule is NC(=O)N1c2cccc(-c3cccnc3)c2CCC1c1cnc(-n2nccn2)c(C(F)(F)F)c1. The zero-order valence-corrected chi connectivity index (χ0v) is 17.6. The summed E-state index contributed by atoms with van der Waals surface area (Å²) in [6.07, 6.45) is 3.42. The van der Waals surface area contributed by atoms with Crippen LogP contribution in [0.3, 0.4) is 0 Å². The van der Waals surface area contributed by atoms with Crippen LogP contribution in [-0.2, 0) is 12.6 Å². The topological polar surface area (TPSA) is 103 Å². The van der Waals surface area contributed by atoms with Gasteiger partial charge in [-0.3, -0.25) is 9.88 Å². The van der Waals surface area contributed by atoms with Gasteiger partial charge in [-0.2, -0.15) is 23.4 Å². The van der Waals surface area contributed by atoms with Gasteiger partial charge in [0, 0.05) is 29.8 Å². The Kier molecular flexibility index (Phi) is 5.23. The molecule has 2 amide bonds. The molecule has 34 heavy (non-hydrogen) atoms. The number of hydrogen-bond donors (Lipinski definition) is 1. The molecule has 0 radical (unpaired) electrons. The Balaban J connectivity index is 1.61. The second kappa shape index (κ2) is 8.25. The monoisotopic (exact) mass is 465 g/mol. The number of aromatic nitrogens is 5. The fourth-order valence-electron chi connectivity index (χ4n) is 4.37. The largest absolute Gasteiger partial charge is 0.420 e. The molecule has 11 heteroatoms. The number of pyridine rings is 2. The third-order valence-corrected chi connectivity index (χ3v) is 5.79. The minimum absolute atomic E-state index is 0.222. The van der Waals surface area contributed by atoms with Crippen LogP contribution in [0.4, 0.5) is 23.7 Å². The molecule has 2 N–H and O–H groups in total. The third kappa shape index (κ3) is 3.74. The number of anilines is 1. The van der Waals surface area contributed by atoms with Gasteiger partial charge in [-0.25, -0.2) is 9.78 Å². The first-order chi connectivity index (χ1) is 16.3. The number of amides is 2. The minimum atomic E-state index is -4.70. The molecule has 1 unspecified atom stereocenters. The van der Waals surface area contributed by atoms with E-state index in [-0.39, 0.29) is 5.56 Å². The van der Waals surface area contributed by atoms with Crippen molar-refractivity contribution in [2.24, 2.45) is 5.73 Å². The van der Waals surface area contributed by atoms with Crippen LogP contribution < -0.4 is 10.6 Å². The van der Waals surface area contributed by atoms with E-state index in [0.29, 0.717) is 18.5 Å². The lowest BCUT2D eigenvalue weighted by Gasteiger charge is -2.37. The Bertz CT molecular complexity index is 1340. The number of benzene rings is 1. The first-order valence-electron chi connectivity index (χ1n) is 10.4. The molecule has 0 aliphatic carbocycles. The average molecular weight is 465 g/mol. The van der Waals surface area contributed by atoms with E-state index in [1.165, 1.54) is 23.5 Å². The zero-order chi connectivity index (χ0) is 23.9. The Morgan fingerprint density at radius 3 is 2.53 bits per heavy atom. The van der Waals surface area contributed by atoms with Gasteiger partial charge in [-0.15, -0.1) is 4.80 Å². The van der Waals surface area contributed by atoms with Crippen molar-refractivity contribution in [3.05, 3.63) is 84.1 Å². The highest BCUT2D eigenvalue weighted by Gasteiger charge is 2.38. The van der Waals surface area contributed by atoms with Gasteiger partial charge in [0.25, 0.3) is 0 Å². The van der Waals surface area contributed by atoms with Gasteiger partial charge in [0.1, 0.15) is 5.56 Å². The van der Waals surface area contributed by atoms with Gasteiger partial charge in [-0.1, -0.05) is 18.2 Å². The number of fused-ring (bicyclic) bond motifs is 1. The number of nitrogens with two attached hydrogens (primary N) is 1. The molecule has 0 spiro atoms. The fraction of sp³-hybridized carbons (Fsp3) is 0.174. The van der Waals surface area contributed by atoms with E-state index in [1.807, 2.05) is 18.2 Å². The number of rotatable bonds is 3. The van der Waals surface area contributed by atoms with Gasteiger partial charge < -0.3 is 5.73 Å². The summed E-state index contributed by atoms with van der Waals surface area (Å²) in [6.45, 7) is 0. The summed E-state index contributed by atoms with van der Waals surface area (Å²) in [4.78, 5) is 22.9. The van der Waals surface area contributed by atoms with Gasteiger partial charge in [0.2, 0.25) is 0 Å². The molecule has 3 aromatic heterocycles. The van der Waals surface area contributed by atoms with Gasteiger partial charge in [-0.05, 0) is 47.7 Å². The molecule has 1 aliphatic rings. The first-order valence-corrected chi connectivity index (χ1v) is 10.4. The number of nitrogens with zero attached hydrogens (tertiary/aromatic N) is 6. The van der Waals surface area contributed by atoms with Crippen LogP contribution in [0, 0.1) is 0 Å². The molecule has 1 aromatic carbocycles. The lowest BCUT2D eigenvalue weighted by molar-refractivity contribution is -0.137. The van der Waals surface area contributed by atoms with Crippen molar-refractivity contribution < 1.29 is 18.0 Å². The fourth-order valence-corrected chi connectivity index (χ4v) is 4.37. The van der Waals surface area contributed by atoms with Crippen molar-refractivity contribution in [2.45, 2.75) is 25.1 Å². The Morgan fingerprint density at radius 2 is 1.85 bits per heavy atom. The van der Waals surface area contributed by atoms with E-state index >= 15 is 0 Å².